The molecule has 196 valence electrons. The highest BCUT2D eigenvalue weighted by molar-refractivity contribution is 6.30. The number of imidazole rings is 1. The predicted molar refractivity (Wildman–Crippen MR) is 147 cm³/mol. The molecule has 0 amide bonds. The van der Waals surface area contributed by atoms with Crippen LogP contribution in [0.4, 0.5) is 14.5 Å². The fourth-order valence-corrected chi connectivity index (χ4v) is 7.14. The third kappa shape index (κ3) is 4.36. The quantitative estimate of drug-likeness (QED) is 0.356. The van der Waals surface area contributed by atoms with E-state index in [2.05, 4.69) is 41.7 Å². The summed E-state index contributed by atoms with van der Waals surface area (Å²) >= 11 is 6.31. The Morgan fingerprint density at radius 1 is 1.16 bits per heavy atom. The third-order valence-electron chi connectivity index (χ3n) is 8.97. The number of hydrogen-bond acceptors (Lipinski definition) is 3. The number of allylic oxidation sites excluding steroid dienone is 1. The lowest BCUT2D eigenvalue weighted by Crippen LogP contribution is -2.43. The zero-order chi connectivity index (χ0) is 25.9. The van der Waals surface area contributed by atoms with Gasteiger partial charge in [0.25, 0.3) is 6.43 Å². The molecule has 1 N–H and O–H groups in total. The predicted octanol–water partition coefficient (Wildman–Crippen LogP) is 7.89. The number of hydrogen-bond donors (Lipinski definition) is 1. The molecule has 0 unspecified atom stereocenters. The highest BCUT2D eigenvalue weighted by atomic mass is 35.5. The highest BCUT2D eigenvalue weighted by Crippen LogP contribution is 2.51. The van der Waals surface area contributed by atoms with Crippen molar-refractivity contribution in [1.29, 1.82) is 0 Å². The number of rotatable bonds is 6. The molecule has 0 atom stereocenters. The van der Waals surface area contributed by atoms with E-state index in [1.165, 1.54) is 5.56 Å². The molecule has 4 nitrogen and oxygen atoms in total. The lowest BCUT2D eigenvalue weighted by Gasteiger charge is -2.43. The van der Waals surface area contributed by atoms with Crippen LogP contribution in [-0.4, -0.2) is 34.1 Å². The van der Waals surface area contributed by atoms with E-state index in [0.717, 1.165) is 80.1 Å². The topological polar surface area (TPSA) is 33.1 Å². The minimum atomic E-state index is -2.51. The summed E-state index contributed by atoms with van der Waals surface area (Å²) < 4.78 is 30.2. The van der Waals surface area contributed by atoms with Gasteiger partial charge in [0.05, 0.1) is 17.4 Å². The first-order valence-electron chi connectivity index (χ1n) is 13.4. The van der Waals surface area contributed by atoms with E-state index in [1.54, 1.807) is 12.4 Å². The molecule has 37 heavy (non-hydrogen) atoms. The number of likely N-dealkylation sites (tertiary alicyclic amines) is 1. The number of fused-ring (bicyclic) bond motifs is 3. The molecular formula is C30H35ClF2N4. The second-order valence-corrected chi connectivity index (χ2v) is 12.5. The summed E-state index contributed by atoms with van der Waals surface area (Å²) in [7, 11) is 0. The molecule has 2 fully saturated rings. The van der Waals surface area contributed by atoms with Gasteiger partial charge >= 0.3 is 0 Å². The molecule has 1 spiro atoms. The molecular weight excluding hydrogens is 490 g/mol. The van der Waals surface area contributed by atoms with E-state index in [-0.39, 0.29) is 22.4 Å². The van der Waals surface area contributed by atoms with Crippen LogP contribution in [0, 0.1) is 5.41 Å². The molecule has 1 aromatic heterocycles. The van der Waals surface area contributed by atoms with Gasteiger partial charge in [0.1, 0.15) is 0 Å². The van der Waals surface area contributed by atoms with E-state index in [1.807, 2.05) is 22.8 Å². The monoisotopic (exact) mass is 524 g/mol. The van der Waals surface area contributed by atoms with Crippen LogP contribution in [0.3, 0.4) is 0 Å². The number of piperidine rings is 1. The van der Waals surface area contributed by atoms with Gasteiger partial charge in [-0.1, -0.05) is 32.0 Å². The summed E-state index contributed by atoms with van der Waals surface area (Å²) in [5, 5.41) is 4.24. The Morgan fingerprint density at radius 2 is 1.92 bits per heavy atom. The van der Waals surface area contributed by atoms with Crippen molar-refractivity contribution in [2.45, 2.75) is 70.3 Å². The summed E-state index contributed by atoms with van der Waals surface area (Å²) in [6.45, 7) is 11.7. The largest absolute Gasteiger partial charge is 0.358 e. The standard InChI is InChI=1S/C30H35ClF2N4/c1-19-30(24-15-21(31)6-7-25(24)35-19)8-11-36(12-9-30)10-4-5-20-13-23(28(32)33)27-26(14-20)34-18-37(27)22-16-29(2,3)17-22/h6-7,13-15,18,22,28,35H,1,4-5,8-12,16-17H2,2-3H3. The maximum absolute atomic E-state index is 14.1. The molecule has 3 aliphatic rings. The Morgan fingerprint density at radius 3 is 2.62 bits per heavy atom. The van der Waals surface area contributed by atoms with Crippen LogP contribution >= 0.6 is 11.6 Å². The maximum atomic E-state index is 14.1. The average molecular weight is 525 g/mol. The number of nitrogens with one attached hydrogen (secondary N) is 1. The van der Waals surface area contributed by atoms with Gasteiger partial charge in [-0.05, 0) is 105 Å². The second kappa shape index (κ2) is 9.09. The number of aryl methyl sites for hydroxylation is 1. The minimum absolute atomic E-state index is 0.0532. The smallest absolute Gasteiger partial charge is 0.265 e. The van der Waals surface area contributed by atoms with Gasteiger partial charge in [0.2, 0.25) is 0 Å². The van der Waals surface area contributed by atoms with Crippen molar-refractivity contribution < 1.29 is 8.78 Å². The molecule has 2 aliphatic heterocycles. The Kier molecular flexibility index (Phi) is 6.11. The number of anilines is 1. The van der Waals surface area contributed by atoms with Crippen LogP contribution in [0.25, 0.3) is 11.0 Å². The Bertz CT molecular complexity index is 1350. The van der Waals surface area contributed by atoms with Crippen molar-refractivity contribution in [3.8, 4) is 0 Å². The van der Waals surface area contributed by atoms with Crippen molar-refractivity contribution in [3.63, 3.8) is 0 Å². The molecule has 1 saturated carbocycles. The maximum Gasteiger partial charge on any atom is 0.265 e. The van der Waals surface area contributed by atoms with Crippen LogP contribution in [0.2, 0.25) is 5.02 Å². The van der Waals surface area contributed by atoms with Crippen molar-refractivity contribution in [2.24, 2.45) is 5.41 Å². The molecule has 1 aliphatic carbocycles. The lowest BCUT2D eigenvalue weighted by atomic mass is 9.68. The molecule has 3 aromatic rings. The van der Waals surface area contributed by atoms with E-state index in [9.17, 15) is 8.78 Å². The Labute approximate surface area is 222 Å². The second-order valence-electron chi connectivity index (χ2n) is 12.1. The zero-order valence-corrected chi connectivity index (χ0v) is 22.4. The lowest BCUT2D eigenvalue weighted by molar-refractivity contribution is 0.106. The number of nitrogens with zero attached hydrogens (tertiary/aromatic N) is 3. The first-order chi connectivity index (χ1) is 17.6. The van der Waals surface area contributed by atoms with E-state index >= 15 is 0 Å². The van der Waals surface area contributed by atoms with Crippen molar-refractivity contribution in [2.75, 3.05) is 25.0 Å². The van der Waals surface area contributed by atoms with Gasteiger partial charge in [0.15, 0.2) is 0 Å². The molecule has 0 bridgehead atoms. The van der Waals surface area contributed by atoms with Gasteiger partial charge in [-0.15, -0.1) is 0 Å². The van der Waals surface area contributed by atoms with E-state index < -0.39 is 6.43 Å². The zero-order valence-electron chi connectivity index (χ0n) is 21.7. The summed E-state index contributed by atoms with van der Waals surface area (Å²) in [6.07, 6.45) is 4.97. The van der Waals surface area contributed by atoms with Gasteiger partial charge in [0, 0.05) is 33.4 Å². The highest BCUT2D eigenvalue weighted by Gasteiger charge is 2.44. The van der Waals surface area contributed by atoms with Gasteiger partial charge in [-0.2, -0.15) is 0 Å². The third-order valence-corrected chi connectivity index (χ3v) is 9.21. The van der Waals surface area contributed by atoms with Crippen molar-refractivity contribution in [3.05, 3.63) is 70.6 Å². The molecule has 6 rings (SSSR count). The van der Waals surface area contributed by atoms with Crippen molar-refractivity contribution >= 4 is 28.3 Å². The molecule has 2 aromatic carbocycles. The van der Waals surface area contributed by atoms with Crippen LogP contribution in [0.5, 0.6) is 0 Å². The molecule has 0 radical (unpaired) electrons. The summed E-state index contributed by atoms with van der Waals surface area (Å²) in [6, 6.07) is 10.0. The SMILES string of the molecule is C=C1Nc2ccc(Cl)cc2C12CCN(CCCc1cc(C(F)F)c3c(c1)ncn3C1CC(C)(C)C1)CC2. The number of aromatic nitrogens is 2. The minimum Gasteiger partial charge on any atom is -0.358 e. The Hall–Kier alpha value is -2.44. The summed E-state index contributed by atoms with van der Waals surface area (Å²) in [4.78, 5) is 7.03. The van der Waals surface area contributed by atoms with Crippen LogP contribution in [0.15, 0.2) is 48.9 Å². The van der Waals surface area contributed by atoms with E-state index in [0.29, 0.717) is 11.0 Å². The van der Waals surface area contributed by atoms with Crippen molar-refractivity contribution in [1.82, 2.24) is 14.5 Å². The first-order valence-corrected chi connectivity index (χ1v) is 13.8. The average Bonchev–Trinajstić information content (AvgIpc) is 3.37. The van der Waals surface area contributed by atoms with Gasteiger partial charge in [-0.25, -0.2) is 13.8 Å². The molecule has 3 heterocycles. The number of halogens is 3. The number of benzene rings is 2. The summed E-state index contributed by atoms with van der Waals surface area (Å²) in [5.41, 5.74) is 6.07. The number of alkyl halides is 2. The molecule has 1 saturated heterocycles. The van der Waals surface area contributed by atoms with Crippen LogP contribution in [0.1, 0.15) is 75.1 Å². The van der Waals surface area contributed by atoms with Crippen LogP contribution in [-0.2, 0) is 11.8 Å². The van der Waals surface area contributed by atoms with Gasteiger partial charge < -0.3 is 14.8 Å². The summed E-state index contributed by atoms with van der Waals surface area (Å²) in [5.74, 6) is 0. The normalized spacial score (nSPS) is 21.0. The fraction of sp³-hybridized carbons (Fsp3) is 0.500. The van der Waals surface area contributed by atoms with E-state index in [4.69, 9.17) is 11.6 Å². The fourth-order valence-electron chi connectivity index (χ4n) is 6.97. The Balaban J connectivity index is 1.10. The first kappa shape index (κ1) is 24.9. The van der Waals surface area contributed by atoms with Gasteiger partial charge in [-0.3, -0.25) is 0 Å². The molecule has 7 heteroatoms. The van der Waals surface area contributed by atoms with Crippen LogP contribution < -0.4 is 5.32 Å².